The number of benzene rings is 3. The van der Waals surface area contributed by atoms with Crippen molar-refractivity contribution < 1.29 is 27.8 Å². The summed E-state index contributed by atoms with van der Waals surface area (Å²) in [6, 6.07) is 12.0. The lowest BCUT2D eigenvalue weighted by Crippen LogP contribution is -2.04. The lowest BCUT2D eigenvalue weighted by atomic mass is 9.93. The largest absolute Gasteiger partial charge is 0.490 e. The Kier molecular flexibility index (Phi) is 12.6. The van der Waals surface area contributed by atoms with Crippen LogP contribution in [-0.2, 0) is 6.42 Å². The number of carboxylic acids is 1. The zero-order valence-corrected chi connectivity index (χ0v) is 23.7. The molecule has 0 spiro atoms. The van der Waals surface area contributed by atoms with Gasteiger partial charge < -0.3 is 9.84 Å². The summed E-state index contributed by atoms with van der Waals surface area (Å²) >= 11 is 0. The van der Waals surface area contributed by atoms with Crippen LogP contribution in [0.5, 0.6) is 5.75 Å². The van der Waals surface area contributed by atoms with Crippen LogP contribution in [0.15, 0.2) is 48.5 Å². The number of carboxylic acid groups (broad SMARTS) is 1. The molecule has 216 valence electrons. The number of carbonyl (C=O) groups is 1. The van der Waals surface area contributed by atoms with Crippen molar-refractivity contribution in [3.05, 3.63) is 77.1 Å². The highest BCUT2D eigenvalue weighted by Gasteiger charge is 2.21. The number of unbranched alkanes of at least 4 members (excludes halogenated alkanes) is 9. The molecule has 40 heavy (non-hydrogen) atoms. The van der Waals surface area contributed by atoms with Crippen molar-refractivity contribution in [3.63, 3.8) is 0 Å². The van der Waals surface area contributed by atoms with E-state index in [1.54, 1.807) is 18.2 Å². The van der Waals surface area contributed by atoms with Gasteiger partial charge in [-0.1, -0.05) is 89.8 Å². The fourth-order valence-electron chi connectivity index (χ4n) is 4.90. The molecule has 0 amide bonds. The summed E-state index contributed by atoms with van der Waals surface area (Å²) in [7, 11) is 0. The van der Waals surface area contributed by atoms with Crippen molar-refractivity contribution in [2.24, 2.45) is 0 Å². The van der Waals surface area contributed by atoms with Crippen LogP contribution in [-0.4, -0.2) is 17.7 Å². The van der Waals surface area contributed by atoms with Crippen molar-refractivity contribution in [1.82, 2.24) is 0 Å². The number of hydrogen-bond donors (Lipinski definition) is 1. The summed E-state index contributed by atoms with van der Waals surface area (Å²) in [4.78, 5) is 11.9. The molecule has 0 saturated carbocycles. The van der Waals surface area contributed by atoms with Crippen LogP contribution in [0.3, 0.4) is 0 Å². The zero-order chi connectivity index (χ0) is 28.9. The first-order valence-electron chi connectivity index (χ1n) is 14.6. The van der Waals surface area contributed by atoms with Gasteiger partial charge in [-0.2, -0.15) is 4.39 Å². The van der Waals surface area contributed by atoms with Gasteiger partial charge in [0.2, 0.25) is 5.82 Å². The van der Waals surface area contributed by atoms with Crippen LogP contribution in [0.4, 0.5) is 13.2 Å². The third-order valence-electron chi connectivity index (χ3n) is 7.28. The highest BCUT2D eigenvalue weighted by atomic mass is 19.2. The van der Waals surface area contributed by atoms with Crippen LogP contribution in [0, 0.1) is 17.5 Å². The second kappa shape index (κ2) is 16.1. The average molecular weight is 555 g/mol. The first-order chi connectivity index (χ1) is 19.4. The number of halogens is 3. The second-order valence-corrected chi connectivity index (χ2v) is 10.4. The van der Waals surface area contributed by atoms with E-state index in [0.717, 1.165) is 57.8 Å². The molecule has 0 unspecified atom stereocenters. The van der Waals surface area contributed by atoms with E-state index in [-0.39, 0.29) is 34.9 Å². The molecular formula is C34H41F3O3. The van der Waals surface area contributed by atoms with Gasteiger partial charge in [-0.05, 0) is 71.8 Å². The molecule has 3 rings (SSSR count). The van der Waals surface area contributed by atoms with Gasteiger partial charge in [-0.25, -0.2) is 13.6 Å². The summed E-state index contributed by atoms with van der Waals surface area (Å²) in [5.74, 6) is -4.13. The maximum Gasteiger partial charge on any atom is 0.336 e. The summed E-state index contributed by atoms with van der Waals surface area (Å²) in [6.45, 7) is 4.57. The number of hydrogen-bond acceptors (Lipinski definition) is 2. The van der Waals surface area contributed by atoms with Gasteiger partial charge in [0.1, 0.15) is 5.82 Å². The highest BCUT2D eigenvalue weighted by Crippen LogP contribution is 2.35. The van der Waals surface area contributed by atoms with E-state index in [0.29, 0.717) is 23.1 Å². The predicted molar refractivity (Wildman–Crippen MR) is 155 cm³/mol. The van der Waals surface area contributed by atoms with Crippen molar-refractivity contribution in [2.75, 3.05) is 6.61 Å². The second-order valence-electron chi connectivity index (χ2n) is 10.4. The first-order valence-corrected chi connectivity index (χ1v) is 14.6. The molecule has 3 aromatic rings. The summed E-state index contributed by atoms with van der Waals surface area (Å²) < 4.78 is 50.6. The number of aryl methyl sites for hydroxylation is 1. The van der Waals surface area contributed by atoms with Gasteiger partial charge in [0.15, 0.2) is 11.6 Å². The third-order valence-corrected chi connectivity index (χ3v) is 7.28. The maximum absolute atomic E-state index is 15.2. The molecular weight excluding hydrogens is 513 g/mol. The normalized spacial score (nSPS) is 11.1. The van der Waals surface area contributed by atoms with Crippen LogP contribution in [0.1, 0.15) is 100 Å². The first kappa shape index (κ1) is 31.3. The molecule has 0 aromatic heterocycles. The molecule has 0 aliphatic rings. The SMILES string of the molecule is CCCCCCCCOc1ccc(-c2cc(-c3ccc(CCCCCCC)c(F)c3)ccc2C(=O)O)c(F)c1F. The fourth-order valence-corrected chi connectivity index (χ4v) is 4.90. The standard InChI is InChI=1S/C34H41F3O3/c1-3-5-7-9-11-13-21-40-31-20-19-27(32(36)33(31)37)29-22-25(17-18-28(29)34(38)39)26-16-15-24(30(35)23-26)14-12-10-8-6-4-2/h15-20,22-23H,3-14,21H2,1-2H3,(H,38,39). The smallest absolute Gasteiger partial charge is 0.336 e. The molecule has 3 nitrogen and oxygen atoms in total. The van der Waals surface area contributed by atoms with E-state index in [9.17, 15) is 18.7 Å². The van der Waals surface area contributed by atoms with Gasteiger partial charge in [0, 0.05) is 5.56 Å². The lowest BCUT2D eigenvalue weighted by Gasteiger charge is -2.14. The van der Waals surface area contributed by atoms with Crippen molar-refractivity contribution in [3.8, 4) is 28.0 Å². The summed E-state index contributed by atoms with van der Waals surface area (Å²) in [6.07, 6.45) is 12.3. The van der Waals surface area contributed by atoms with E-state index >= 15 is 4.39 Å². The third kappa shape index (κ3) is 8.61. The molecule has 0 fully saturated rings. The van der Waals surface area contributed by atoms with Gasteiger partial charge in [0.25, 0.3) is 0 Å². The zero-order valence-electron chi connectivity index (χ0n) is 23.7. The van der Waals surface area contributed by atoms with E-state index < -0.39 is 17.6 Å². The molecule has 1 N–H and O–H groups in total. The van der Waals surface area contributed by atoms with Crippen molar-refractivity contribution >= 4 is 5.97 Å². The Balaban J connectivity index is 1.79. The van der Waals surface area contributed by atoms with Crippen LogP contribution in [0.2, 0.25) is 0 Å². The number of rotatable bonds is 17. The highest BCUT2D eigenvalue weighted by molar-refractivity contribution is 5.97. The lowest BCUT2D eigenvalue weighted by molar-refractivity contribution is 0.0697. The molecule has 6 heteroatoms. The van der Waals surface area contributed by atoms with Crippen molar-refractivity contribution in [1.29, 1.82) is 0 Å². The Hall–Kier alpha value is -3.28. The molecule has 0 aliphatic carbocycles. The fraction of sp³-hybridized carbons (Fsp3) is 0.441. The summed E-state index contributed by atoms with van der Waals surface area (Å²) in [5, 5.41) is 9.74. The van der Waals surface area contributed by atoms with E-state index in [1.165, 1.54) is 43.2 Å². The maximum atomic E-state index is 15.2. The summed E-state index contributed by atoms with van der Waals surface area (Å²) in [5.41, 5.74) is 1.33. The van der Waals surface area contributed by atoms with Gasteiger partial charge in [-0.15, -0.1) is 0 Å². The molecule has 3 aromatic carbocycles. The molecule has 0 radical (unpaired) electrons. The van der Waals surface area contributed by atoms with E-state index in [2.05, 4.69) is 13.8 Å². The van der Waals surface area contributed by atoms with Crippen LogP contribution in [0.25, 0.3) is 22.3 Å². The van der Waals surface area contributed by atoms with E-state index in [1.807, 2.05) is 0 Å². The number of aromatic carboxylic acids is 1. The minimum Gasteiger partial charge on any atom is -0.490 e. The molecule has 0 saturated heterocycles. The predicted octanol–water partition coefficient (Wildman–Crippen LogP) is 10.4. The molecule has 0 bridgehead atoms. The average Bonchev–Trinajstić information content (AvgIpc) is 2.95. The Bertz CT molecular complexity index is 1260. The van der Waals surface area contributed by atoms with Crippen molar-refractivity contribution in [2.45, 2.75) is 90.9 Å². The molecule has 0 heterocycles. The molecule has 0 aliphatic heterocycles. The van der Waals surface area contributed by atoms with Crippen LogP contribution >= 0.6 is 0 Å². The van der Waals surface area contributed by atoms with Gasteiger partial charge in [0.05, 0.1) is 12.2 Å². The number of ether oxygens (including phenoxy) is 1. The van der Waals surface area contributed by atoms with Gasteiger partial charge >= 0.3 is 5.97 Å². The van der Waals surface area contributed by atoms with Crippen LogP contribution < -0.4 is 4.74 Å². The van der Waals surface area contributed by atoms with E-state index in [4.69, 9.17) is 4.74 Å². The molecule has 0 atom stereocenters. The Morgan fingerprint density at radius 3 is 2.00 bits per heavy atom. The minimum atomic E-state index is -1.27. The Morgan fingerprint density at radius 2 is 1.32 bits per heavy atom. The van der Waals surface area contributed by atoms with Gasteiger partial charge in [-0.3, -0.25) is 0 Å². The quantitative estimate of drug-likeness (QED) is 0.169. The Labute approximate surface area is 236 Å². The monoisotopic (exact) mass is 554 g/mol. The minimum absolute atomic E-state index is 0.0179. The Morgan fingerprint density at radius 1 is 0.700 bits per heavy atom. The topological polar surface area (TPSA) is 46.5 Å².